The summed E-state index contributed by atoms with van der Waals surface area (Å²) in [7, 11) is 1.52. The number of nitrogens with zero attached hydrogens (tertiary/aromatic N) is 2. The number of rotatable bonds is 4. The number of ketones is 1. The van der Waals surface area contributed by atoms with E-state index in [4.69, 9.17) is 16.3 Å². The molecule has 1 aliphatic heterocycles. The van der Waals surface area contributed by atoms with E-state index >= 15 is 0 Å². The average Bonchev–Trinajstić information content (AvgIpc) is 3.05. The summed E-state index contributed by atoms with van der Waals surface area (Å²) in [6.07, 6.45) is 1.57. The Bertz CT molecular complexity index is 1140. The monoisotopic (exact) mass is 420 g/mol. The number of hydrogen-bond donors (Lipinski definition) is 1. The molecule has 7 heteroatoms. The fourth-order valence-electron chi connectivity index (χ4n) is 3.44. The van der Waals surface area contributed by atoms with Gasteiger partial charge in [0.2, 0.25) is 0 Å². The molecule has 4 rings (SSSR count). The van der Waals surface area contributed by atoms with Gasteiger partial charge in [0.15, 0.2) is 0 Å². The van der Waals surface area contributed by atoms with Gasteiger partial charge in [-0.15, -0.1) is 0 Å². The van der Waals surface area contributed by atoms with Crippen LogP contribution in [0.3, 0.4) is 0 Å². The number of hydrogen-bond acceptors (Lipinski definition) is 5. The lowest BCUT2D eigenvalue weighted by Crippen LogP contribution is -2.29. The first kappa shape index (κ1) is 19.7. The minimum absolute atomic E-state index is 0.0381. The molecule has 0 bridgehead atoms. The fourth-order valence-corrected chi connectivity index (χ4v) is 3.57. The lowest BCUT2D eigenvalue weighted by Gasteiger charge is -2.24. The van der Waals surface area contributed by atoms with Gasteiger partial charge in [-0.1, -0.05) is 23.7 Å². The lowest BCUT2D eigenvalue weighted by molar-refractivity contribution is -0.132. The number of anilines is 1. The number of aliphatic hydroxyl groups excluding tert-OH is 1. The molecule has 1 aromatic heterocycles. The number of aromatic nitrogens is 1. The van der Waals surface area contributed by atoms with Crippen LogP contribution in [0, 0.1) is 0 Å². The van der Waals surface area contributed by atoms with Crippen molar-refractivity contribution in [1.82, 2.24) is 4.98 Å². The predicted octanol–water partition coefficient (Wildman–Crippen LogP) is 4.37. The van der Waals surface area contributed by atoms with E-state index in [9.17, 15) is 14.7 Å². The predicted molar refractivity (Wildman–Crippen MR) is 113 cm³/mol. The van der Waals surface area contributed by atoms with Crippen LogP contribution in [0.5, 0.6) is 5.75 Å². The van der Waals surface area contributed by atoms with Crippen molar-refractivity contribution in [3.05, 3.63) is 94.8 Å². The number of halogens is 1. The molecule has 1 amide bonds. The third-order valence-electron chi connectivity index (χ3n) is 4.86. The molecule has 1 N–H and O–H groups in total. The number of carbonyl (C=O) groups excluding carboxylic acids is 2. The Labute approximate surface area is 178 Å². The Morgan fingerprint density at radius 3 is 2.50 bits per heavy atom. The van der Waals surface area contributed by atoms with Gasteiger partial charge in [-0.2, -0.15) is 0 Å². The Morgan fingerprint density at radius 2 is 1.83 bits per heavy atom. The van der Waals surface area contributed by atoms with E-state index in [2.05, 4.69) is 4.98 Å². The first-order chi connectivity index (χ1) is 14.5. The van der Waals surface area contributed by atoms with Crippen molar-refractivity contribution in [3.63, 3.8) is 0 Å². The van der Waals surface area contributed by atoms with Crippen molar-refractivity contribution in [2.45, 2.75) is 6.04 Å². The molecule has 0 saturated carbocycles. The summed E-state index contributed by atoms with van der Waals surface area (Å²) >= 11 is 5.94. The zero-order chi connectivity index (χ0) is 21.3. The van der Waals surface area contributed by atoms with E-state index in [1.165, 1.54) is 12.0 Å². The van der Waals surface area contributed by atoms with Crippen molar-refractivity contribution < 1.29 is 19.4 Å². The number of benzene rings is 2. The second-order valence-electron chi connectivity index (χ2n) is 6.63. The van der Waals surface area contributed by atoms with Crippen molar-refractivity contribution in [1.29, 1.82) is 0 Å². The minimum atomic E-state index is -0.894. The summed E-state index contributed by atoms with van der Waals surface area (Å²) in [6.45, 7) is 0. The SMILES string of the molecule is COc1cccc(N2C(=O)C(=O)/C(=C(/O)c3ccc(Cl)cc3)C2c2ccccn2)c1. The van der Waals surface area contributed by atoms with Gasteiger partial charge in [0, 0.05) is 28.5 Å². The molecule has 1 atom stereocenters. The molecule has 3 aromatic rings. The molecule has 1 saturated heterocycles. The van der Waals surface area contributed by atoms with Crippen LogP contribution in [0.2, 0.25) is 5.02 Å². The number of carbonyl (C=O) groups is 2. The maximum Gasteiger partial charge on any atom is 0.300 e. The highest BCUT2D eigenvalue weighted by Crippen LogP contribution is 2.42. The maximum absolute atomic E-state index is 13.0. The first-order valence-electron chi connectivity index (χ1n) is 9.13. The number of aliphatic hydroxyl groups is 1. The summed E-state index contributed by atoms with van der Waals surface area (Å²) in [5.41, 5.74) is 1.25. The highest BCUT2D eigenvalue weighted by molar-refractivity contribution is 6.51. The van der Waals surface area contributed by atoms with Crippen molar-refractivity contribution in [2.75, 3.05) is 12.0 Å². The average molecular weight is 421 g/mol. The molecule has 0 aliphatic carbocycles. The molecule has 2 heterocycles. The minimum Gasteiger partial charge on any atom is -0.507 e. The molecule has 1 fully saturated rings. The Balaban J connectivity index is 1.93. The van der Waals surface area contributed by atoms with Gasteiger partial charge in [0.1, 0.15) is 17.6 Å². The number of pyridine rings is 1. The number of amides is 1. The van der Waals surface area contributed by atoms with Gasteiger partial charge in [-0.25, -0.2) is 0 Å². The van der Waals surface area contributed by atoms with Crippen LogP contribution in [0.25, 0.3) is 5.76 Å². The van der Waals surface area contributed by atoms with E-state index in [0.29, 0.717) is 27.7 Å². The Kier molecular flexibility index (Phi) is 5.25. The van der Waals surface area contributed by atoms with E-state index in [1.54, 1.807) is 72.9 Å². The van der Waals surface area contributed by atoms with Crippen molar-refractivity contribution in [2.24, 2.45) is 0 Å². The highest BCUT2D eigenvalue weighted by atomic mass is 35.5. The van der Waals surface area contributed by atoms with Crippen LogP contribution in [-0.2, 0) is 9.59 Å². The summed E-state index contributed by atoms with van der Waals surface area (Å²) < 4.78 is 5.26. The molecule has 150 valence electrons. The number of Topliss-reactive ketones (excluding diaryl/α,β-unsaturated/α-hetero) is 1. The van der Waals surface area contributed by atoms with Gasteiger partial charge in [-0.05, 0) is 48.5 Å². The Morgan fingerprint density at radius 1 is 1.07 bits per heavy atom. The smallest absolute Gasteiger partial charge is 0.300 e. The van der Waals surface area contributed by atoms with Gasteiger partial charge in [-0.3, -0.25) is 19.5 Å². The summed E-state index contributed by atoms with van der Waals surface area (Å²) in [4.78, 5) is 31.7. The van der Waals surface area contributed by atoms with E-state index in [0.717, 1.165) is 0 Å². The van der Waals surface area contributed by atoms with Gasteiger partial charge < -0.3 is 9.84 Å². The van der Waals surface area contributed by atoms with Crippen LogP contribution in [0.4, 0.5) is 5.69 Å². The van der Waals surface area contributed by atoms with Gasteiger partial charge in [0.05, 0.1) is 18.4 Å². The zero-order valence-corrected chi connectivity index (χ0v) is 16.7. The van der Waals surface area contributed by atoms with E-state index < -0.39 is 17.7 Å². The Hall–Kier alpha value is -3.64. The standard InChI is InChI=1S/C23H17ClN2O4/c1-30-17-6-4-5-16(13-17)26-20(18-7-2-3-12-25-18)19(22(28)23(26)29)21(27)14-8-10-15(24)11-9-14/h2-13,20,27H,1H3/b21-19+. The van der Waals surface area contributed by atoms with Gasteiger partial charge in [0.25, 0.3) is 11.7 Å². The van der Waals surface area contributed by atoms with Gasteiger partial charge >= 0.3 is 0 Å². The molecular formula is C23H17ClN2O4. The molecule has 6 nitrogen and oxygen atoms in total. The second-order valence-corrected chi connectivity index (χ2v) is 7.07. The summed E-state index contributed by atoms with van der Waals surface area (Å²) in [6, 6.07) is 17.5. The summed E-state index contributed by atoms with van der Waals surface area (Å²) in [5, 5.41) is 11.5. The third kappa shape index (κ3) is 3.42. The number of ether oxygens (including phenoxy) is 1. The lowest BCUT2D eigenvalue weighted by atomic mass is 9.98. The molecule has 0 spiro atoms. The van der Waals surface area contributed by atoms with Crippen molar-refractivity contribution >= 4 is 34.7 Å². The van der Waals surface area contributed by atoms with E-state index in [1.807, 2.05) is 0 Å². The van der Waals surface area contributed by atoms with Crippen LogP contribution in [0.15, 0.2) is 78.5 Å². The summed E-state index contributed by atoms with van der Waals surface area (Å²) in [5.74, 6) is -1.30. The van der Waals surface area contributed by atoms with Crippen LogP contribution >= 0.6 is 11.6 Å². The van der Waals surface area contributed by atoms with Crippen LogP contribution in [0.1, 0.15) is 17.3 Å². The van der Waals surface area contributed by atoms with Crippen LogP contribution in [-0.4, -0.2) is 28.9 Å². The van der Waals surface area contributed by atoms with Crippen molar-refractivity contribution in [3.8, 4) is 5.75 Å². The maximum atomic E-state index is 13.0. The molecule has 30 heavy (non-hydrogen) atoms. The quantitative estimate of drug-likeness (QED) is 0.385. The normalized spacial score (nSPS) is 17.9. The highest BCUT2D eigenvalue weighted by Gasteiger charge is 2.47. The molecule has 0 radical (unpaired) electrons. The largest absolute Gasteiger partial charge is 0.507 e. The molecular weight excluding hydrogens is 404 g/mol. The topological polar surface area (TPSA) is 79.7 Å². The fraction of sp³-hybridized carbons (Fsp3) is 0.0870. The molecule has 1 unspecified atom stereocenters. The first-order valence-corrected chi connectivity index (χ1v) is 9.51. The van der Waals surface area contributed by atoms with E-state index in [-0.39, 0.29) is 11.3 Å². The number of methoxy groups -OCH3 is 1. The third-order valence-corrected chi connectivity index (χ3v) is 5.11. The van der Waals surface area contributed by atoms with Crippen LogP contribution < -0.4 is 9.64 Å². The second kappa shape index (κ2) is 8.00. The molecule has 2 aromatic carbocycles. The molecule has 1 aliphatic rings. The zero-order valence-electron chi connectivity index (χ0n) is 15.9.